The quantitative estimate of drug-likeness (QED) is 0.434. The van der Waals surface area contributed by atoms with Gasteiger partial charge in [-0.1, -0.05) is 23.7 Å². The molecule has 0 spiro atoms. The highest BCUT2D eigenvalue weighted by Gasteiger charge is 2.51. The van der Waals surface area contributed by atoms with Crippen LogP contribution in [0.1, 0.15) is 18.4 Å². The van der Waals surface area contributed by atoms with Crippen LogP contribution in [-0.2, 0) is 10.2 Å². The number of aromatic nitrogens is 1. The Morgan fingerprint density at radius 2 is 2.00 bits per heavy atom. The third-order valence-corrected chi connectivity index (χ3v) is 4.31. The number of carbonyl (C=O) groups excluding carboxylic acids is 1. The Kier molecular flexibility index (Phi) is 4.81. The molecule has 2 aromatic rings. The maximum atomic E-state index is 13.0. The SMILES string of the molecule is N=C(/C=C\Nc1ccnc(F)c1)NC(=O)C1(c2ccc(Cl)cc2)CC1. The van der Waals surface area contributed by atoms with Crippen molar-refractivity contribution in [3.05, 3.63) is 71.4 Å². The lowest BCUT2D eigenvalue weighted by atomic mass is 9.95. The van der Waals surface area contributed by atoms with Gasteiger partial charge in [0.1, 0.15) is 5.84 Å². The number of rotatable bonds is 5. The Bertz CT molecular complexity index is 831. The number of carbonyl (C=O) groups is 1. The van der Waals surface area contributed by atoms with Gasteiger partial charge in [-0.05, 0) is 42.7 Å². The molecule has 0 aliphatic heterocycles. The summed E-state index contributed by atoms with van der Waals surface area (Å²) in [5.41, 5.74) is 0.825. The number of hydrogen-bond acceptors (Lipinski definition) is 4. The lowest BCUT2D eigenvalue weighted by Gasteiger charge is -2.15. The normalized spacial score (nSPS) is 15.0. The molecule has 1 heterocycles. The van der Waals surface area contributed by atoms with Crippen molar-refractivity contribution >= 4 is 29.0 Å². The molecule has 0 saturated heterocycles. The predicted octanol–water partition coefficient (Wildman–Crippen LogP) is 3.62. The van der Waals surface area contributed by atoms with Crippen LogP contribution in [0.25, 0.3) is 0 Å². The van der Waals surface area contributed by atoms with E-state index in [1.165, 1.54) is 24.5 Å². The average molecular weight is 359 g/mol. The van der Waals surface area contributed by atoms with Gasteiger partial charge in [-0.15, -0.1) is 0 Å². The van der Waals surface area contributed by atoms with Crippen molar-refractivity contribution in [1.82, 2.24) is 10.3 Å². The zero-order valence-electron chi connectivity index (χ0n) is 13.2. The fourth-order valence-electron chi connectivity index (χ4n) is 2.54. The van der Waals surface area contributed by atoms with Gasteiger partial charge in [0.15, 0.2) is 0 Å². The second-order valence-electron chi connectivity index (χ2n) is 5.80. The minimum Gasteiger partial charge on any atom is -0.361 e. The summed E-state index contributed by atoms with van der Waals surface area (Å²) >= 11 is 5.89. The fraction of sp³-hybridized carbons (Fsp3) is 0.167. The highest BCUT2D eigenvalue weighted by atomic mass is 35.5. The summed E-state index contributed by atoms with van der Waals surface area (Å²) in [6, 6.07) is 10.0. The van der Waals surface area contributed by atoms with Crippen LogP contribution in [0.2, 0.25) is 5.02 Å². The molecular formula is C18H16ClFN4O. The Labute approximate surface area is 149 Å². The number of amides is 1. The van der Waals surface area contributed by atoms with E-state index < -0.39 is 11.4 Å². The Hall–Kier alpha value is -2.73. The highest BCUT2D eigenvalue weighted by Crippen LogP contribution is 2.48. The van der Waals surface area contributed by atoms with Crippen molar-refractivity contribution in [2.75, 3.05) is 5.32 Å². The van der Waals surface area contributed by atoms with Crippen LogP contribution in [0.15, 0.2) is 54.9 Å². The van der Waals surface area contributed by atoms with E-state index >= 15 is 0 Å². The summed E-state index contributed by atoms with van der Waals surface area (Å²) in [5.74, 6) is -0.855. The summed E-state index contributed by atoms with van der Waals surface area (Å²) < 4.78 is 13.0. The van der Waals surface area contributed by atoms with E-state index in [4.69, 9.17) is 17.0 Å². The molecule has 128 valence electrons. The van der Waals surface area contributed by atoms with E-state index in [1.54, 1.807) is 18.2 Å². The molecule has 5 nitrogen and oxygen atoms in total. The lowest BCUT2D eigenvalue weighted by Crippen LogP contribution is -2.37. The maximum absolute atomic E-state index is 13.0. The smallest absolute Gasteiger partial charge is 0.236 e. The molecule has 3 rings (SSSR count). The number of nitrogens with one attached hydrogen (secondary N) is 3. The third-order valence-electron chi connectivity index (χ3n) is 4.06. The van der Waals surface area contributed by atoms with Gasteiger partial charge in [0.2, 0.25) is 11.9 Å². The third kappa shape index (κ3) is 4.03. The first-order valence-corrected chi connectivity index (χ1v) is 8.08. The number of hydrogen-bond donors (Lipinski definition) is 3. The van der Waals surface area contributed by atoms with Gasteiger partial charge in [-0.3, -0.25) is 10.2 Å². The fourth-order valence-corrected chi connectivity index (χ4v) is 2.66. The molecule has 3 N–H and O–H groups in total. The predicted molar refractivity (Wildman–Crippen MR) is 95.2 cm³/mol. The van der Waals surface area contributed by atoms with E-state index in [2.05, 4.69) is 15.6 Å². The molecule has 0 unspecified atom stereocenters. The van der Waals surface area contributed by atoms with Crippen molar-refractivity contribution in [1.29, 1.82) is 5.41 Å². The van der Waals surface area contributed by atoms with Crippen LogP contribution >= 0.6 is 11.6 Å². The van der Waals surface area contributed by atoms with Crippen LogP contribution < -0.4 is 10.6 Å². The number of amidine groups is 1. The topological polar surface area (TPSA) is 77.9 Å². The number of benzene rings is 1. The van der Waals surface area contributed by atoms with Gasteiger partial charge >= 0.3 is 0 Å². The first-order valence-electron chi connectivity index (χ1n) is 7.70. The summed E-state index contributed by atoms with van der Waals surface area (Å²) in [6.07, 6.45) is 5.67. The molecule has 1 aliphatic carbocycles. The Balaban J connectivity index is 1.58. The molecule has 1 fully saturated rings. The van der Waals surface area contributed by atoms with Gasteiger partial charge in [0.25, 0.3) is 0 Å². The summed E-state index contributed by atoms with van der Waals surface area (Å²) in [4.78, 5) is 16.0. The van der Waals surface area contributed by atoms with E-state index in [0.29, 0.717) is 10.7 Å². The van der Waals surface area contributed by atoms with Crippen LogP contribution in [0.4, 0.5) is 10.1 Å². The molecule has 7 heteroatoms. The number of halogens is 2. The van der Waals surface area contributed by atoms with Crippen molar-refractivity contribution < 1.29 is 9.18 Å². The molecular weight excluding hydrogens is 343 g/mol. The number of nitrogens with zero attached hydrogens (tertiary/aromatic N) is 1. The van der Waals surface area contributed by atoms with Crippen molar-refractivity contribution in [3.8, 4) is 0 Å². The summed E-state index contributed by atoms with van der Waals surface area (Å²) in [5, 5.41) is 13.9. The average Bonchev–Trinajstić information content (AvgIpc) is 3.37. The van der Waals surface area contributed by atoms with Gasteiger partial charge < -0.3 is 10.6 Å². The van der Waals surface area contributed by atoms with Gasteiger partial charge in [-0.25, -0.2) is 4.98 Å². The van der Waals surface area contributed by atoms with Crippen LogP contribution in [0, 0.1) is 11.4 Å². The first-order chi connectivity index (χ1) is 12.0. The summed E-state index contributed by atoms with van der Waals surface area (Å²) in [7, 11) is 0. The van der Waals surface area contributed by atoms with Gasteiger partial charge in [-0.2, -0.15) is 4.39 Å². The first kappa shape index (κ1) is 17.1. The molecule has 25 heavy (non-hydrogen) atoms. The monoisotopic (exact) mass is 358 g/mol. The van der Waals surface area contributed by atoms with E-state index in [-0.39, 0.29) is 11.7 Å². The van der Waals surface area contributed by atoms with Gasteiger partial charge in [0, 0.05) is 29.2 Å². The van der Waals surface area contributed by atoms with Crippen molar-refractivity contribution in [2.24, 2.45) is 0 Å². The molecule has 0 atom stereocenters. The van der Waals surface area contributed by atoms with E-state index in [0.717, 1.165) is 18.4 Å². The minimum absolute atomic E-state index is 0.0488. The molecule has 1 aromatic carbocycles. The second kappa shape index (κ2) is 7.03. The zero-order chi connectivity index (χ0) is 17.9. The molecule has 1 aliphatic rings. The highest BCUT2D eigenvalue weighted by molar-refractivity contribution is 6.30. The van der Waals surface area contributed by atoms with Crippen molar-refractivity contribution in [3.63, 3.8) is 0 Å². The zero-order valence-corrected chi connectivity index (χ0v) is 14.0. The summed E-state index contributed by atoms with van der Waals surface area (Å²) in [6.45, 7) is 0. The molecule has 1 amide bonds. The van der Waals surface area contributed by atoms with E-state index in [9.17, 15) is 9.18 Å². The minimum atomic E-state index is -0.597. The van der Waals surface area contributed by atoms with Gasteiger partial charge in [0.05, 0.1) is 5.41 Å². The maximum Gasteiger partial charge on any atom is 0.236 e. The number of anilines is 1. The standard InChI is InChI=1S/C18H16ClFN4O/c19-13-3-1-12(2-4-13)18(7-8-18)17(25)24-16(21)6-10-22-14-5-9-23-15(20)11-14/h1-6,9-11H,7-8H2,(H,22,23)(H2,21,24,25)/b10-6-. The second-order valence-corrected chi connectivity index (χ2v) is 6.24. The van der Waals surface area contributed by atoms with E-state index in [1.807, 2.05) is 12.1 Å². The Morgan fingerprint density at radius 3 is 2.64 bits per heavy atom. The largest absolute Gasteiger partial charge is 0.361 e. The Morgan fingerprint density at radius 1 is 1.28 bits per heavy atom. The van der Waals surface area contributed by atoms with Crippen LogP contribution in [0.3, 0.4) is 0 Å². The van der Waals surface area contributed by atoms with Crippen molar-refractivity contribution in [2.45, 2.75) is 18.3 Å². The molecule has 0 radical (unpaired) electrons. The molecule has 1 saturated carbocycles. The molecule has 1 aromatic heterocycles. The number of pyridine rings is 1. The lowest BCUT2D eigenvalue weighted by molar-refractivity contribution is -0.122. The van der Waals surface area contributed by atoms with Crippen LogP contribution in [-0.4, -0.2) is 16.7 Å². The molecule has 0 bridgehead atoms. The van der Waals surface area contributed by atoms with Crippen LogP contribution in [0.5, 0.6) is 0 Å².